The summed E-state index contributed by atoms with van der Waals surface area (Å²) in [6, 6.07) is 9.09. The van der Waals surface area contributed by atoms with E-state index in [1.54, 1.807) is 13.2 Å². The van der Waals surface area contributed by atoms with Gasteiger partial charge in [0.1, 0.15) is 17.4 Å². The predicted molar refractivity (Wildman–Crippen MR) is 101 cm³/mol. The van der Waals surface area contributed by atoms with Gasteiger partial charge in [-0.05, 0) is 43.2 Å². The summed E-state index contributed by atoms with van der Waals surface area (Å²) in [6.07, 6.45) is 0.840. The molecule has 27 heavy (non-hydrogen) atoms. The van der Waals surface area contributed by atoms with Crippen molar-refractivity contribution in [3.63, 3.8) is 0 Å². The predicted octanol–water partition coefficient (Wildman–Crippen LogP) is 3.95. The summed E-state index contributed by atoms with van der Waals surface area (Å²) in [5.74, 6) is -0.741. The Kier molecular flexibility index (Phi) is 6.16. The van der Waals surface area contributed by atoms with E-state index in [4.69, 9.17) is 16.3 Å². The molecule has 144 valence electrons. The lowest BCUT2D eigenvalue weighted by molar-refractivity contribution is -0.121. The smallest absolute Gasteiger partial charge is 0.220 e. The van der Waals surface area contributed by atoms with Crippen LogP contribution in [0.15, 0.2) is 36.4 Å². The number of carbonyl (C=O) groups excluding carboxylic acids is 1. The average molecular weight is 395 g/mol. The van der Waals surface area contributed by atoms with Crippen LogP contribution in [0.25, 0.3) is 0 Å². The Balaban J connectivity index is 1.55. The number of hydrogen-bond donors (Lipinski definition) is 1. The number of amides is 1. The van der Waals surface area contributed by atoms with Crippen molar-refractivity contribution in [2.75, 3.05) is 25.1 Å². The molecule has 1 amide bonds. The SMILES string of the molecule is COc1ccc(Cl)cc1N1CCC(NC(=O)CCc2c(F)cccc2F)C1. The standard InChI is InChI=1S/C20H21ClF2N2O2/c1-27-19-7-5-13(21)11-18(19)25-10-9-14(12-25)24-20(26)8-6-15-16(22)3-2-4-17(15)23/h2-5,7,11,14H,6,8-10,12H2,1H3,(H,24,26). The van der Waals surface area contributed by atoms with Gasteiger partial charge in [-0.2, -0.15) is 0 Å². The van der Waals surface area contributed by atoms with Crippen LogP contribution in [0.2, 0.25) is 5.02 Å². The number of carbonyl (C=O) groups is 1. The molecule has 0 radical (unpaired) electrons. The average Bonchev–Trinajstić information content (AvgIpc) is 3.09. The molecule has 1 aliphatic rings. The maximum Gasteiger partial charge on any atom is 0.220 e. The first-order valence-corrected chi connectivity index (χ1v) is 9.16. The lowest BCUT2D eigenvalue weighted by Gasteiger charge is -2.21. The van der Waals surface area contributed by atoms with Gasteiger partial charge in [-0.1, -0.05) is 17.7 Å². The Bertz CT molecular complexity index is 811. The maximum absolute atomic E-state index is 13.6. The maximum atomic E-state index is 13.6. The third-order valence-corrected chi connectivity index (χ3v) is 4.93. The summed E-state index contributed by atoms with van der Waals surface area (Å²) in [5, 5.41) is 3.56. The van der Waals surface area contributed by atoms with Crippen LogP contribution < -0.4 is 15.0 Å². The van der Waals surface area contributed by atoms with Crippen LogP contribution in [0.5, 0.6) is 5.75 Å². The van der Waals surface area contributed by atoms with Crippen molar-refractivity contribution in [3.05, 3.63) is 58.6 Å². The van der Waals surface area contributed by atoms with Gasteiger partial charge in [0.25, 0.3) is 0 Å². The minimum absolute atomic E-state index is 0.0306. The lowest BCUT2D eigenvalue weighted by atomic mass is 10.1. The highest BCUT2D eigenvalue weighted by molar-refractivity contribution is 6.30. The van der Waals surface area contributed by atoms with Crippen molar-refractivity contribution < 1.29 is 18.3 Å². The molecule has 1 fully saturated rings. The van der Waals surface area contributed by atoms with Crippen LogP contribution in [-0.4, -0.2) is 32.1 Å². The number of ether oxygens (including phenoxy) is 1. The van der Waals surface area contributed by atoms with E-state index < -0.39 is 11.6 Å². The van der Waals surface area contributed by atoms with Crippen molar-refractivity contribution >= 4 is 23.2 Å². The highest BCUT2D eigenvalue weighted by atomic mass is 35.5. The van der Waals surface area contributed by atoms with E-state index in [0.717, 1.165) is 24.4 Å². The van der Waals surface area contributed by atoms with E-state index in [1.807, 2.05) is 12.1 Å². The van der Waals surface area contributed by atoms with Crippen LogP contribution in [0.1, 0.15) is 18.4 Å². The van der Waals surface area contributed by atoms with Gasteiger partial charge >= 0.3 is 0 Å². The monoisotopic (exact) mass is 394 g/mol. The molecular formula is C20H21ClF2N2O2. The van der Waals surface area contributed by atoms with E-state index >= 15 is 0 Å². The summed E-state index contributed by atoms with van der Waals surface area (Å²) in [7, 11) is 1.60. The molecule has 1 N–H and O–H groups in total. The molecule has 2 aromatic rings. The molecule has 0 aromatic heterocycles. The van der Waals surface area contributed by atoms with E-state index in [1.165, 1.54) is 18.2 Å². The zero-order chi connectivity index (χ0) is 19.4. The minimum Gasteiger partial charge on any atom is -0.495 e. The van der Waals surface area contributed by atoms with Crippen LogP contribution >= 0.6 is 11.6 Å². The van der Waals surface area contributed by atoms with Crippen LogP contribution in [0.3, 0.4) is 0 Å². The fourth-order valence-corrected chi connectivity index (χ4v) is 3.48. The molecule has 0 saturated carbocycles. The van der Waals surface area contributed by atoms with Crippen LogP contribution in [0.4, 0.5) is 14.5 Å². The Hall–Kier alpha value is -2.34. The van der Waals surface area contributed by atoms with Gasteiger partial charge in [0.2, 0.25) is 5.91 Å². The van der Waals surface area contributed by atoms with E-state index in [-0.39, 0.29) is 30.4 Å². The topological polar surface area (TPSA) is 41.6 Å². The fraction of sp³-hybridized carbons (Fsp3) is 0.350. The van der Waals surface area contributed by atoms with Gasteiger partial charge in [0.05, 0.1) is 12.8 Å². The summed E-state index contributed by atoms with van der Waals surface area (Å²) in [5.41, 5.74) is 0.833. The normalized spacial score (nSPS) is 16.4. The molecule has 1 unspecified atom stereocenters. The molecule has 0 spiro atoms. The minimum atomic E-state index is -0.622. The highest BCUT2D eigenvalue weighted by Crippen LogP contribution is 2.33. The molecule has 3 rings (SSSR count). The molecular weight excluding hydrogens is 374 g/mol. The molecule has 1 heterocycles. The molecule has 1 atom stereocenters. The first-order chi connectivity index (χ1) is 13.0. The highest BCUT2D eigenvalue weighted by Gasteiger charge is 2.26. The Labute approximate surface area is 162 Å². The number of benzene rings is 2. The van der Waals surface area contributed by atoms with Crippen molar-refractivity contribution in [1.82, 2.24) is 5.32 Å². The first kappa shape index (κ1) is 19.4. The number of methoxy groups -OCH3 is 1. The van der Waals surface area contributed by atoms with Crippen molar-refractivity contribution in [1.29, 1.82) is 0 Å². The summed E-state index contributed by atoms with van der Waals surface area (Å²) in [6.45, 7) is 1.38. The van der Waals surface area contributed by atoms with Crippen LogP contribution in [0, 0.1) is 11.6 Å². The van der Waals surface area contributed by atoms with Gasteiger partial charge in [-0.15, -0.1) is 0 Å². The molecule has 0 bridgehead atoms. The Morgan fingerprint density at radius 2 is 2.04 bits per heavy atom. The van der Waals surface area contributed by atoms with E-state index in [2.05, 4.69) is 10.2 Å². The number of rotatable bonds is 6. The zero-order valence-corrected chi connectivity index (χ0v) is 15.7. The summed E-state index contributed by atoms with van der Waals surface area (Å²) < 4.78 is 32.7. The molecule has 1 aliphatic heterocycles. The summed E-state index contributed by atoms with van der Waals surface area (Å²) in [4.78, 5) is 14.3. The largest absolute Gasteiger partial charge is 0.495 e. The van der Waals surface area contributed by atoms with Crippen molar-refractivity contribution in [3.8, 4) is 5.75 Å². The Morgan fingerprint density at radius 1 is 1.30 bits per heavy atom. The third-order valence-electron chi connectivity index (χ3n) is 4.70. The number of nitrogens with one attached hydrogen (secondary N) is 1. The third kappa shape index (κ3) is 4.69. The van der Waals surface area contributed by atoms with E-state index in [0.29, 0.717) is 11.6 Å². The number of hydrogen-bond acceptors (Lipinski definition) is 3. The molecule has 2 aromatic carbocycles. The molecule has 0 aliphatic carbocycles. The lowest BCUT2D eigenvalue weighted by Crippen LogP contribution is -2.37. The molecule has 7 heteroatoms. The second-order valence-electron chi connectivity index (χ2n) is 6.52. The van der Waals surface area contributed by atoms with Gasteiger partial charge in [-0.25, -0.2) is 8.78 Å². The number of anilines is 1. The van der Waals surface area contributed by atoms with Crippen molar-refractivity contribution in [2.24, 2.45) is 0 Å². The second-order valence-corrected chi connectivity index (χ2v) is 6.95. The van der Waals surface area contributed by atoms with Gasteiger partial charge in [0.15, 0.2) is 0 Å². The zero-order valence-electron chi connectivity index (χ0n) is 15.0. The fourth-order valence-electron chi connectivity index (χ4n) is 3.32. The summed E-state index contributed by atoms with van der Waals surface area (Å²) >= 11 is 6.08. The molecule has 4 nitrogen and oxygen atoms in total. The number of halogens is 3. The molecule has 1 saturated heterocycles. The second kappa shape index (κ2) is 8.57. The van der Waals surface area contributed by atoms with E-state index in [9.17, 15) is 13.6 Å². The quantitative estimate of drug-likeness (QED) is 0.806. The van der Waals surface area contributed by atoms with Gasteiger partial charge in [-0.3, -0.25) is 4.79 Å². The van der Waals surface area contributed by atoms with Crippen molar-refractivity contribution in [2.45, 2.75) is 25.3 Å². The van der Waals surface area contributed by atoms with Crippen LogP contribution in [-0.2, 0) is 11.2 Å². The van der Waals surface area contributed by atoms with Gasteiger partial charge < -0.3 is 15.0 Å². The first-order valence-electron chi connectivity index (χ1n) is 8.78. The Morgan fingerprint density at radius 3 is 2.74 bits per heavy atom. The van der Waals surface area contributed by atoms with Gasteiger partial charge in [0, 0.05) is 36.1 Å². The number of nitrogens with zero attached hydrogens (tertiary/aromatic N) is 1.